The Morgan fingerprint density at radius 3 is 2.67 bits per heavy atom. The number of benzene rings is 1. The van der Waals surface area contributed by atoms with Gasteiger partial charge in [0.15, 0.2) is 0 Å². The zero-order valence-corrected chi connectivity index (χ0v) is 11.0. The van der Waals surface area contributed by atoms with Crippen LogP contribution < -0.4 is 10.5 Å². The van der Waals surface area contributed by atoms with Crippen LogP contribution in [0.15, 0.2) is 23.1 Å². The van der Waals surface area contributed by atoms with Crippen molar-refractivity contribution in [3.05, 3.63) is 29.6 Å². The van der Waals surface area contributed by atoms with E-state index in [4.69, 9.17) is 5.73 Å². The molecule has 1 unspecified atom stereocenters. The molecule has 0 aliphatic heterocycles. The van der Waals surface area contributed by atoms with Crippen LogP contribution in [0.2, 0.25) is 0 Å². The maximum absolute atomic E-state index is 13.1. The van der Waals surface area contributed by atoms with Crippen LogP contribution in [0.1, 0.15) is 18.4 Å². The summed E-state index contributed by atoms with van der Waals surface area (Å²) < 4.78 is 39.9. The average molecular weight is 272 g/mol. The van der Waals surface area contributed by atoms with Crippen LogP contribution in [-0.2, 0) is 10.0 Å². The highest BCUT2D eigenvalue weighted by Crippen LogP contribution is 2.32. The summed E-state index contributed by atoms with van der Waals surface area (Å²) in [5.41, 5.74) is 5.88. The van der Waals surface area contributed by atoms with Gasteiger partial charge in [0, 0.05) is 12.6 Å². The number of nitrogens with two attached hydrogens (primary N) is 1. The van der Waals surface area contributed by atoms with Crippen LogP contribution in [0.4, 0.5) is 4.39 Å². The lowest BCUT2D eigenvalue weighted by atomic mass is 10.2. The van der Waals surface area contributed by atoms with Gasteiger partial charge in [-0.25, -0.2) is 17.5 Å². The van der Waals surface area contributed by atoms with Crippen molar-refractivity contribution in [2.24, 2.45) is 11.7 Å². The van der Waals surface area contributed by atoms with Gasteiger partial charge in [-0.05, 0) is 49.4 Å². The van der Waals surface area contributed by atoms with Gasteiger partial charge >= 0.3 is 0 Å². The smallest absolute Gasteiger partial charge is 0.240 e. The first-order valence-electron chi connectivity index (χ1n) is 5.92. The molecule has 4 nitrogen and oxygen atoms in total. The fourth-order valence-electron chi connectivity index (χ4n) is 1.89. The standard InChI is InChI=1S/C12H17FN2O2S/c1-8-6-10(4-5-11(8)13)18(16,17)15-12(7-14)9-2-3-9/h4-6,9,12,15H,2-3,7,14H2,1H3. The SMILES string of the molecule is Cc1cc(S(=O)(=O)NC(CN)C2CC2)ccc1F. The number of halogens is 1. The van der Waals surface area contributed by atoms with Gasteiger partial charge in [0.25, 0.3) is 0 Å². The molecule has 1 aromatic carbocycles. The lowest BCUT2D eigenvalue weighted by molar-refractivity contribution is 0.519. The van der Waals surface area contributed by atoms with Crippen molar-refractivity contribution in [3.8, 4) is 0 Å². The molecule has 0 bridgehead atoms. The van der Waals surface area contributed by atoms with Crippen molar-refractivity contribution in [1.29, 1.82) is 0 Å². The normalized spacial score (nSPS) is 17.7. The fraction of sp³-hybridized carbons (Fsp3) is 0.500. The first kappa shape index (κ1) is 13.5. The van der Waals surface area contributed by atoms with E-state index in [0.717, 1.165) is 12.8 Å². The van der Waals surface area contributed by atoms with E-state index < -0.39 is 15.8 Å². The summed E-state index contributed by atoms with van der Waals surface area (Å²) in [5.74, 6) is -0.0714. The molecule has 1 aromatic rings. The minimum atomic E-state index is -3.61. The van der Waals surface area contributed by atoms with Crippen molar-refractivity contribution in [2.75, 3.05) is 6.54 Å². The van der Waals surface area contributed by atoms with Gasteiger partial charge in [0.05, 0.1) is 4.90 Å². The zero-order valence-electron chi connectivity index (χ0n) is 10.2. The third kappa shape index (κ3) is 2.88. The van der Waals surface area contributed by atoms with Gasteiger partial charge in [-0.1, -0.05) is 0 Å². The van der Waals surface area contributed by atoms with Crippen molar-refractivity contribution in [1.82, 2.24) is 4.72 Å². The van der Waals surface area contributed by atoms with Gasteiger partial charge in [-0.3, -0.25) is 0 Å². The number of sulfonamides is 1. The Labute approximate surface area is 106 Å². The molecule has 1 aliphatic carbocycles. The second kappa shape index (κ2) is 4.95. The van der Waals surface area contributed by atoms with E-state index in [9.17, 15) is 12.8 Å². The quantitative estimate of drug-likeness (QED) is 0.844. The molecule has 0 spiro atoms. The number of rotatable bonds is 5. The van der Waals surface area contributed by atoms with Crippen LogP contribution in [0.3, 0.4) is 0 Å². The largest absolute Gasteiger partial charge is 0.329 e. The molecule has 1 atom stereocenters. The molecular weight excluding hydrogens is 255 g/mol. The minimum Gasteiger partial charge on any atom is -0.329 e. The molecule has 6 heteroatoms. The van der Waals surface area contributed by atoms with E-state index in [0.29, 0.717) is 11.5 Å². The average Bonchev–Trinajstić information content (AvgIpc) is 3.13. The Balaban J connectivity index is 2.21. The zero-order chi connectivity index (χ0) is 13.3. The van der Waals surface area contributed by atoms with E-state index >= 15 is 0 Å². The molecule has 0 aromatic heterocycles. The third-order valence-corrected chi connectivity index (χ3v) is 4.68. The van der Waals surface area contributed by atoms with Crippen LogP contribution in [0.25, 0.3) is 0 Å². The Morgan fingerprint density at radius 2 is 2.17 bits per heavy atom. The van der Waals surface area contributed by atoms with Crippen molar-refractivity contribution < 1.29 is 12.8 Å². The lowest BCUT2D eigenvalue weighted by Gasteiger charge is -2.16. The highest BCUT2D eigenvalue weighted by molar-refractivity contribution is 7.89. The van der Waals surface area contributed by atoms with E-state index in [1.165, 1.54) is 25.1 Å². The number of hydrogen-bond donors (Lipinski definition) is 2. The third-order valence-electron chi connectivity index (χ3n) is 3.19. The molecule has 1 aliphatic rings. The van der Waals surface area contributed by atoms with Crippen molar-refractivity contribution in [2.45, 2.75) is 30.7 Å². The summed E-state index contributed by atoms with van der Waals surface area (Å²) in [7, 11) is -3.61. The van der Waals surface area contributed by atoms with Crippen LogP contribution in [0.5, 0.6) is 0 Å². The molecular formula is C12H17FN2O2S. The van der Waals surface area contributed by atoms with Gasteiger partial charge in [-0.2, -0.15) is 0 Å². The highest BCUT2D eigenvalue weighted by Gasteiger charge is 2.33. The Hall–Kier alpha value is -0.980. The lowest BCUT2D eigenvalue weighted by Crippen LogP contribution is -2.41. The van der Waals surface area contributed by atoms with Gasteiger partial charge in [0.2, 0.25) is 10.0 Å². The minimum absolute atomic E-state index is 0.0838. The molecule has 3 N–H and O–H groups in total. The molecule has 18 heavy (non-hydrogen) atoms. The highest BCUT2D eigenvalue weighted by atomic mass is 32.2. The van der Waals surface area contributed by atoms with E-state index in [2.05, 4.69) is 4.72 Å². The molecule has 0 amide bonds. The molecule has 1 fully saturated rings. The Kier molecular flexibility index (Phi) is 3.70. The van der Waals surface area contributed by atoms with Crippen molar-refractivity contribution in [3.63, 3.8) is 0 Å². The summed E-state index contributed by atoms with van der Waals surface area (Å²) in [6.07, 6.45) is 2.01. The predicted molar refractivity (Wildman–Crippen MR) is 67.0 cm³/mol. The molecule has 0 heterocycles. The van der Waals surface area contributed by atoms with Gasteiger partial charge in [-0.15, -0.1) is 0 Å². The van der Waals surface area contributed by atoms with Gasteiger partial charge in [0.1, 0.15) is 5.82 Å². The summed E-state index contributed by atoms with van der Waals surface area (Å²) >= 11 is 0. The molecule has 2 rings (SSSR count). The maximum atomic E-state index is 13.1. The van der Waals surface area contributed by atoms with Crippen LogP contribution in [0, 0.1) is 18.7 Å². The first-order chi connectivity index (χ1) is 8.44. The predicted octanol–water partition coefficient (Wildman–Crippen LogP) is 1.15. The summed E-state index contributed by atoms with van der Waals surface area (Å²) in [4.78, 5) is 0.0838. The van der Waals surface area contributed by atoms with E-state index in [1.807, 2.05) is 0 Å². The molecule has 0 saturated heterocycles. The number of aryl methyl sites for hydroxylation is 1. The Bertz CT molecular complexity index is 541. The molecule has 100 valence electrons. The second-order valence-corrected chi connectivity index (χ2v) is 6.43. The fourth-order valence-corrected chi connectivity index (χ4v) is 3.29. The summed E-state index contributed by atoms with van der Waals surface area (Å²) in [6, 6.07) is 3.54. The van der Waals surface area contributed by atoms with E-state index in [-0.39, 0.29) is 17.5 Å². The second-order valence-electron chi connectivity index (χ2n) is 4.71. The van der Waals surface area contributed by atoms with Crippen molar-refractivity contribution >= 4 is 10.0 Å². The Morgan fingerprint density at radius 1 is 1.50 bits per heavy atom. The summed E-state index contributed by atoms with van der Waals surface area (Å²) in [5, 5.41) is 0. The molecule has 1 saturated carbocycles. The van der Waals surface area contributed by atoms with Gasteiger partial charge < -0.3 is 5.73 Å². The topological polar surface area (TPSA) is 72.2 Å². The first-order valence-corrected chi connectivity index (χ1v) is 7.41. The van der Waals surface area contributed by atoms with Crippen LogP contribution >= 0.6 is 0 Å². The number of hydrogen-bond acceptors (Lipinski definition) is 3. The summed E-state index contributed by atoms with van der Waals surface area (Å²) in [6.45, 7) is 1.82. The maximum Gasteiger partial charge on any atom is 0.240 e. The molecule has 0 radical (unpaired) electrons. The van der Waals surface area contributed by atoms with E-state index in [1.54, 1.807) is 0 Å². The monoisotopic (exact) mass is 272 g/mol. The number of nitrogens with one attached hydrogen (secondary N) is 1. The van der Waals surface area contributed by atoms with Crippen LogP contribution in [-0.4, -0.2) is 21.0 Å².